The third-order valence-electron chi connectivity index (χ3n) is 5.34. The number of carbonyl (C=O) groups excluding carboxylic acids is 1. The molecule has 0 aliphatic carbocycles. The Labute approximate surface area is 177 Å². The Balaban J connectivity index is 1.51. The van der Waals surface area contributed by atoms with Crippen LogP contribution in [0.3, 0.4) is 0 Å². The number of rotatable bonds is 5. The Morgan fingerprint density at radius 1 is 1.00 bits per heavy atom. The van der Waals surface area contributed by atoms with Crippen molar-refractivity contribution in [2.75, 3.05) is 18.8 Å². The Hall–Kier alpha value is -2.51. The van der Waals surface area contributed by atoms with Crippen molar-refractivity contribution in [1.82, 2.24) is 24.1 Å². The predicted octanol–water partition coefficient (Wildman–Crippen LogP) is 4.10. The molecule has 6 nitrogen and oxygen atoms in total. The first-order valence-electron chi connectivity index (χ1n) is 9.69. The van der Waals surface area contributed by atoms with Gasteiger partial charge in [0.05, 0.1) is 23.3 Å². The van der Waals surface area contributed by atoms with Crippen LogP contribution in [-0.2, 0) is 11.3 Å². The number of para-hydroxylation sites is 2. The molecule has 4 aromatic rings. The number of thioether (sulfide) groups is 1. The highest BCUT2D eigenvalue weighted by molar-refractivity contribution is 7.99. The van der Waals surface area contributed by atoms with Gasteiger partial charge >= 0.3 is 0 Å². The van der Waals surface area contributed by atoms with Crippen LogP contribution in [0.4, 0.5) is 0 Å². The lowest BCUT2D eigenvalue weighted by molar-refractivity contribution is -0.127. The molecule has 29 heavy (non-hydrogen) atoms. The molecule has 1 saturated heterocycles. The molecular formula is C21H20ClN5OS. The summed E-state index contributed by atoms with van der Waals surface area (Å²) < 4.78 is 4.16. The molecule has 0 bridgehead atoms. The molecule has 1 aliphatic rings. The minimum absolute atomic E-state index is 0.170. The van der Waals surface area contributed by atoms with E-state index < -0.39 is 0 Å². The number of hydrogen-bond donors (Lipinski definition) is 0. The number of halogens is 1. The van der Waals surface area contributed by atoms with E-state index in [0.29, 0.717) is 12.3 Å². The fourth-order valence-corrected chi connectivity index (χ4v) is 4.91. The molecular weight excluding hydrogens is 406 g/mol. The number of aromatic nitrogens is 4. The van der Waals surface area contributed by atoms with Gasteiger partial charge in [-0.15, -0.1) is 10.2 Å². The summed E-state index contributed by atoms with van der Waals surface area (Å²) in [7, 11) is 0. The number of hydrogen-bond acceptors (Lipinski definition) is 4. The highest BCUT2D eigenvalue weighted by Gasteiger charge is 2.21. The van der Waals surface area contributed by atoms with E-state index in [1.54, 1.807) is 0 Å². The molecule has 2 aromatic heterocycles. The van der Waals surface area contributed by atoms with Gasteiger partial charge < -0.3 is 9.47 Å². The maximum Gasteiger partial charge on any atom is 0.237 e. The summed E-state index contributed by atoms with van der Waals surface area (Å²) in [6.07, 6.45) is 2.20. The third kappa shape index (κ3) is 3.38. The number of nitrogens with zero attached hydrogens (tertiary/aromatic N) is 5. The number of amides is 1. The first kappa shape index (κ1) is 18.5. The Bertz CT molecular complexity index is 1190. The molecule has 0 N–H and O–H groups in total. The van der Waals surface area contributed by atoms with Crippen molar-refractivity contribution in [3.63, 3.8) is 0 Å². The second-order valence-electron chi connectivity index (χ2n) is 7.16. The Morgan fingerprint density at radius 2 is 1.72 bits per heavy atom. The summed E-state index contributed by atoms with van der Waals surface area (Å²) in [4.78, 5) is 14.4. The topological polar surface area (TPSA) is 55.4 Å². The van der Waals surface area contributed by atoms with Crippen LogP contribution in [0.15, 0.2) is 53.7 Å². The van der Waals surface area contributed by atoms with Crippen molar-refractivity contribution in [2.45, 2.75) is 24.5 Å². The van der Waals surface area contributed by atoms with E-state index in [9.17, 15) is 4.79 Å². The van der Waals surface area contributed by atoms with Crippen molar-refractivity contribution < 1.29 is 4.79 Å². The molecule has 8 heteroatoms. The number of imidazole rings is 1. The van der Waals surface area contributed by atoms with Crippen LogP contribution in [0, 0.1) is 0 Å². The van der Waals surface area contributed by atoms with Gasteiger partial charge in [0, 0.05) is 18.1 Å². The summed E-state index contributed by atoms with van der Waals surface area (Å²) in [6.45, 7) is 2.34. The smallest absolute Gasteiger partial charge is 0.237 e. The predicted molar refractivity (Wildman–Crippen MR) is 116 cm³/mol. The Morgan fingerprint density at radius 3 is 2.52 bits per heavy atom. The average molecular weight is 426 g/mol. The van der Waals surface area contributed by atoms with Gasteiger partial charge in [-0.05, 0) is 36.6 Å². The second kappa shape index (κ2) is 7.72. The zero-order valence-corrected chi connectivity index (χ0v) is 17.4. The fraction of sp³-hybridized carbons (Fsp3) is 0.286. The molecule has 1 amide bonds. The van der Waals surface area contributed by atoms with Gasteiger partial charge in [0.2, 0.25) is 11.7 Å². The molecule has 2 aromatic carbocycles. The molecule has 0 saturated carbocycles. The van der Waals surface area contributed by atoms with Crippen LogP contribution in [0.5, 0.6) is 0 Å². The first-order valence-corrected chi connectivity index (χ1v) is 11.0. The van der Waals surface area contributed by atoms with Crippen LogP contribution in [0.25, 0.3) is 16.8 Å². The van der Waals surface area contributed by atoms with Crippen molar-refractivity contribution >= 4 is 46.1 Å². The SMILES string of the molecule is O=C(CSc1nnc2n(Cc3ccccc3Cl)c3ccccc3n12)N1CCCC1. The molecule has 0 radical (unpaired) electrons. The lowest BCUT2D eigenvalue weighted by Gasteiger charge is -2.13. The van der Waals surface area contributed by atoms with Crippen molar-refractivity contribution in [2.24, 2.45) is 0 Å². The maximum atomic E-state index is 12.5. The highest BCUT2D eigenvalue weighted by Crippen LogP contribution is 2.28. The summed E-state index contributed by atoms with van der Waals surface area (Å²) >= 11 is 7.84. The normalized spacial score (nSPS) is 14.3. The zero-order valence-electron chi connectivity index (χ0n) is 15.8. The van der Waals surface area contributed by atoms with E-state index in [1.807, 2.05) is 45.7 Å². The summed E-state index contributed by atoms with van der Waals surface area (Å²) in [5.41, 5.74) is 3.11. The van der Waals surface area contributed by atoms with Gasteiger partial charge in [-0.1, -0.05) is 53.7 Å². The monoisotopic (exact) mass is 425 g/mol. The third-order valence-corrected chi connectivity index (χ3v) is 6.62. The highest BCUT2D eigenvalue weighted by atomic mass is 35.5. The molecule has 0 atom stereocenters. The lowest BCUT2D eigenvalue weighted by atomic mass is 10.2. The first-order chi connectivity index (χ1) is 14.2. The number of carbonyl (C=O) groups is 1. The molecule has 1 aliphatic heterocycles. The number of benzene rings is 2. The van der Waals surface area contributed by atoms with E-state index in [2.05, 4.69) is 26.9 Å². The molecule has 148 valence electrons. The number of fused-ring (bicyclic) bond motifs is 3. The molecule has 5 rings (SSSR count). The van der Waals surface area contributed by atoms with E-state index in [0.717, 1.165) is 58.5 Å². The Kier molecular flexibility index (Phi) is 4.93. The largest absolute Gasteiger partial charge is 0.342 e. The summed E-state index contributed by atoms with van der Waals surface area (Å²) in [5.74, 6) is 1.30. The van der Waals surface area contributed by atoms with Gasteiger partial charge in [0.25, 0.3) is 0 Å². The van der Waals surface area contributed by atoms with E-state index in [1.165, 1.54) is 11.8 Å². The zero-order chi connectivity index (χ0) is 19.8. The van der Waals surface area contributed by atoms with Crippen LogP contribution >= 0.6 is 23.4 Å². The van der Waals surface area contributed by atoms with Gasteiger partial charge in [-0.2, -0.15) is 0 Å². The van der Waals surface area contributed by atoms with Crippen LogP contribution < -0.4 is 0 Å². The quantitative estimate of drug-likeness (QED) is 0.452. The van der Waals surface area contributed by atoms with Crippen molar-refractivity contribution in [3.8, 4) is 0 Å². The van der Waals surface area contributed by atoms with Crippen molar-refractivity contribution in [1.29, 1.82) is 0 Å². The average Bonchev–Trinajstić information content (AvgIpc) is 3.46. The van der Waals surface area contributed by atoms with Gasteiger partial charge in [-0.25, -0.2) is 0 Å². The number of likely N-dealkylation sites (tertiary alicyclic amines) is 1. The van der Waals surface area contributed by atoms with Crippen LogP contribution in [0.2, 0.25) is 5.02 Å². The lowest BCUT2D eigenvalue weighted by Crippen LogP contribution is -2.29. The molecule has 0 spiro atoms. The minimum atomic E-state index is 0.170. The van der Waals surface area contributed by atoms with Crippen molar-refractivity contribution in [3.05, 3.63) is 59.1 Å². The molecule has 3 heterocycles. The van der Waals surface area contributed by atoms with Gasteiger partial charge in [0.1, 0.15) is 0 Å². The van der Waals surface area contributed by atoms with Gasteiger partial charge in [-0.3, -0.25) is 9.20 Å². The van der Waals surface area contributed by atoms with E-state index in [-0.39, 0.29) is 5.91 Å². The maximum absolute atomic E-state index is 12.5. The fourth-order valence-electron chi connectivity index (χ4n) is 3.87. The van der Waals surface area contributed by atoms with E-state index >= 15 is 0 Å². The van der Waals surface area contributed by atoms with Gasteiger partial charge in [0.15, 0.2) is 5.16 Å². The summed E-state index contributed by atoms with van der Waals surface area (Å²) in [6, 6.07) is 16.0. The summed E-state index contributed by atoms with van der Waals surface area (Å²) in [5, 5.41) is 10.3. The molecule has 1 fully saturated rings. The van der Waals surface area contributed by atoms with Crippen LogP contribution in [-0.4, -0.2) is 48.8 Å². The molecule has 0 unspecified atom stereocenters. The second-order valence-corrected chi connectivity index (χ2v) is 8.51. The minimum Gasteiger partial charge on any atom is -0.342 e. The van der Waals surface area contributed by atoms with E-state index in [4.69, 9.17) is 11.6 Å². The standard InChI is InChI=1S/C21H20ClN5OS/c22-16-8-2-1-7-15(16)13-26-17-9-3-4-10-18(17)27-20(26)23-24-21(27)29-14-19(28)25-11-5-6-12-25/h1-4,7-10H,5-6,11-14H2. The van der Waals surface area contributed by atoms with Crippen LogP contribution in [0.1, 0.15) is 18.4 Å².